The lowest BCUT2D eigenvalue weighted by atomic mass is 9.83. The smallest absolute Gasteiger partial charge is 0.251 e. The molecule has 0 aliphatic carbocycles. The zero-order valence-corrected chi connectivity index (χ0v) is 15.5. The number of nitrogens with zero attached hydrogens (tertiary/aromatic N) is 3. The molecule has 2 aliphatic heterocycles. The summed E-state index contributed by atoms with van der Waals surface area (Å²) >= 11 is 0. The van der Waals surface area contributed by atoms with Gasteiger partial charge in [-0.3, -0.25) is 9.20 Å². The van der Waals surface area contributed by atoms with Crippen LogP contribution in [0.3, 0.4) is 0 Å². The summed E-state index contributed by atoms with van der Waals surface area (Å²) in [5, 5.41) is 3.46. The van der Waals surface area contributed by atoms with Gasteiger partial charge in [-0.2, -0.15) is 0 Å². The molecule has 0 spiro atoms. The zero-order chi connectivity index (χ0) is 16.3. The predicted molar refractivity (Wildman–Crippen MR) is 103 cm³/mol. The molecule has 1 N–H and O–H groups in total. The standard InChI is InChI=1S/C18H17FN4O.2ClH/c19-14-1-2-17-21-8-16(22(17)10-14)12-4-15-13-3-11(6-20-7-13)9-23(15)18(24)5-12;;/h1-2,4-5,8,10-11,13,20H,3,6-7,9H2;2*1H/t11-,13+;;/m0../s1. The lowest BCUT2D eigenvalue weighted by molar-refractivity contribution is 0.257. The van der Waals surface area contributed by atoms with Gasteiger partial charge >= 0.3 is 0 Å². The van der Waals surface area contributed by atoms with E-state index in [1.807, 2.05) is 4.57 Å². The van der Waals surface area contributed by atoms with Crippen LogP contribution in [0.4, 0.5) is 4.39 Å². The molecular formula is C18H19Cl2FN4O. The van der Waals surface area contributed by atoms with Gasteiger partial charge in [0.2, 0.25) is 0 Å². The number of aromatic nitrogens is 3. The van der Waals surface area contributed by atoms with Crippen molar-refractivity contribution in [1.29, 1.82) is 0 Å². The van der Waals surface area contributed by atoms with E-state index >= 15 is 0 Å². The Kier molecular flexibility index (Phi) is 5.10. The fourth-order valence-corrected chi connectivity index (χ4v) is 4.12. The number of imidazole rings is 1. The molecule has 3 aromatic rings. The van der Waals surface area contributed by atoms with E-state index in [9.17, 15) is 9.18 Å². The second-order valence-electron chi connectivity index (χ2n) is 6.79. The molecule has 138 valence electrons. The van der Waals surface area contributed by atoms with Crippen molar-refractivity contribution < 1.29 is 4.39 Å². The summed E-state index contributed by atoms with van der Waals surface area (Å²) in [6.45, 7) is 2.66. The second-order valence-corrected chi connectivity index (χ2v) is 6.79. The molecule has 26 heavy (non-hydrogen) atoms. The van der Waals surface area contributed by atoms with Gasteiger partial charge in [0.1, 0.15) is 11.5 Å². The SMILES string of the molecule is Cl.Cl.O=c1cc(-c2cnc3ccc(F)cn23)cc2n1C[C@@H]1CNC[C@H]2C1. The number of nitrogens with one attached hydrogen (secondary N) is 1. The van der Waals surface area contributed by atoms with Gasteiger partial charge in [-0.1, -0.05) is 0 Å². The molecule has 1 saturated heterocycles. The molecule has 0 unspecified atom stereocenters. The highest BCUT2D eigenvalue weighted by Gasteiger charge is 2.31. The Labute approximate surface area is 162 Å². The molecule has 2 atom stereocenters. The topological polar surface area (TPSA) is 51.3 Å². The molecular weight excluding hydrogens is 378 g/mol. The Balaban J connectivity index is 0.000000980. The fraction of sp³-hybridized carbons (Fsp3) is 0.333. The van der Waals surface area contributed by atoms with Crippen molar-refractivity contribution in [3.8, 4) is 11.3 Å². The maximum Gasteiger partial charge on any atom is 0.251 e. The summed E-state index contributed by atoms with van der Waals surface area (Å²) in [5.41, 5.74) is 3.31. The van der Waals surface area contributed by atoms with Gasteiger partial charge in [0.25, 0.3) is 5.56 Å². The van der Waals surface area contributed by atoms with Gasteiger partial charge in [-0.25, -0.2) is 9.37 Å². The average Bonchev–Trinajstić information content (AvgIpc) is 2.99. The van der Waals surface area contributed by atoms with Gasteiger partial charge in [0, 0.05) is 42.5 Å². The van der Waals surface area contributed by atoms with Gasteiger partial charge in [-0.15, -0.1) is 24.8 Å². The third kappa shape index (κ3) is 2.92. The van der Waals surface area contributed by atoms with Crippen LogP contribution in [0.15, 0.2) is 41.5 Å². The molecule has 5 rings (SSSR count). The van der Waals surface area contributed by atoms with E-state index in [2.05, 4.69) is 16.4 Å². The number of halogens is 3. The van der Waals surface area contributed by atoms with Crippen LogP contribution < -0.4 is 10.9 Å². The van der Waals surface area contributed by atoms with Crippen molar-refractivity contribution in [2.75, 3.05) is 13.1 Å². The summed E-state index contributed by atoms with van der Waals surface area (Å²) in [6, 6.07) is 6.75. The number of rotatable bonds is 1. The number of hydrogen-bond donors (Lipinski definition) is 1. The maximum atomic E-state index is 13.6. The van der Waals surface area contributed by atoms with Crippen molar-refractivity contribution in [2.24, 2.45) is 5.92 Å². The summed E-state index contributed by atoms with van der Waals surface area (Å²) in [7, 11) is 0. The first-order valence-corrected chi connectivity index (χ1v) is 8.27. The van der Waals surface area contributed by atoms with Crippen molar-refractivity contribution in [3.05, 3.63) is 58.5 Å². The van der Waals surface area contributed by atoms with Crippen molar-refractivity contribution in [3.63, 3.8) is 0 Å². The lowest BCUT2D eigenvalue weighted by Gasteiger charge is -2.37. The van der Waals surface area contributed by atoms with Crippen molar-refractivity contribution in [1.82, 2.24) is 19.3 Å². The normalized spacial score (nSPS) is 20.8. The van der Waals surface area contributed by atoms with Crippen LogP contribution in [-0.4, -0.2) is 27.0 Å². The van der Waals surface area contributed by atoms with E-state index in [1.54, 1.807) is 22.7 Å². The Bertz CT molecular complexity index is 1020. The van der Waals surface area contributed by atoms with Crippen molar-refractivity contribution in [2.45, 2.75) is 18.9 Å². The summed E-state index contributed by atoms with van der Waals surface area (Å²) in [6.07, 6.45) is 4.23. The minimum atomic E-state index is -0.323. The minimum absolute atomic E-state index is 0. The van der Waals surface area contributed by atoms with Crippen LogP contribution in [0.1, 0.15) is 18.0 Å². The van der Waals surface area contributed by atoms with Gasteiger partial charge in [0.15, 0.2) is 0 Å². The number of piperidine rings is 1. The fourth-order valence-electron chi connectivity index (χ4n) is 4.12. The highest BCUT2D eigenvalue weighted by molar-refractivity contribution is 5.85. The Morgan fingerprint density at radius 3 is 2.88 bits per heavy atom. The first-order valence-electron chi connectivity index (χ1n) is 8.27. The van der Waals surface area contributed by atoms with Crippen LogP contribution in [0.5, 0.6) is 0 Å². The number of fused-ring (bicyclic) bond motifs is 5. The van der Waals surface area contributed by atoms with E-state index in [0.717, 1.165) is 43.0 Å². The van der Waals surface area contributed by atoms with Gasteiger partial charge in [0.05, 0.1) is 11.9 Å². The van der Waals surface area contributed by atoms with Crippen LogP contribution in [-0.2, 0) is 6.54 Å². The average molecular weight is 397 g/mol. The molecule has 5 nitrogen and oxygen atoms in total. The first kappa shape index (κ1) is 18.9. The van der Waals surface area contributed by atoms with E-state index in [0.29, 0.717) is 17.5 Å². The highest BCUT2D eigenvalue weighted by atomic mass is 35.5. The predicted octanol–water partition coefficient (Wildman–Crippen LogP) is 2.85. The second kappa shape index (κ2) is 7.02. The zero-order valence-electron chi connectivity index (χ0n) is 13.9. The Morgan fingerprint density at radius 1 is 1.19 bits per heavy atom. The van der Waals surface area contributed by atoms with Crippen LogP contribution in [0.2, 0.25) is 0 Å². The van der Waals surface area contributed by atoms with Crippen molar-refractivity contribution >= 4 is 30.5 Å². The van der Waals surface area contributed by atoms with E-state index in [4.69, 9.17) is 0 Å². The third-order valence-electron chi connectivity index (χ3n) is 5.23. The molecule has 5 heterocycles. The lowest BCUT2D eigenvalue weighted by Crippen LogP contribution is -2.44. The number of hydrogen-bond acceptors (Lipinski definition) is 3. The molecule has 3 aromatic heterocycles. The summed E-state index contributed by atoms with van der Waals surface area (Å²) in [5.74, 6) is 0.571. The van der Waals surface area contributed by atoms with E-state index in [1.165, 1.54) is 12.3 Å². The maximum absolute atomic E-state index is 13.6. The van der Waals surface area contributed by atoms with E-state index < -0.39 is 0 Å². The van der Waals surface area contributed by atoms with Crippen LogP contribution in [0.25, 0.3) is 16.9 Å². The third-order valence-corrected chi connectivity index (χ3v) is 5.23. The highest BCUT2D eigenvalue weighted by Crippen LogP contribution is 2.33. The molecule has 0 saturated carbocycles. The minimum Gasteiger partial charge on any atom is -0.316 e. The van der Waals surface area contributed by atoms with Gasteiger partial charge in [-0.05, 0) is 37.1 Å². The largest absolute Gasteiger partial charge is 0.316 e. The molecule has 2 bridgehead atoms. The number of pyridine rings is 2. The quantitative estimate of drug-likeness (QED) is 0.687. The molecule has 0 aromatic carbocycles. The molecule has 2 aliphatic rings. The van der Waals surface area contributed by atoms with Gasteiger partial charge < -0.3 is 9.88 Å². The first-order chi connectivity index (χ1) is 11.7. The summed E-state index contributed by atoms with van der Waals surface area (Å²) in [4.78, 5) is 17.0. The summed E-state index contributed by atoms with van der Waals surface area (Å²) < 4.78 is 17.2. The molecule has 1 fully saturated rings. The monoisotopic (exact) mass is 396 g/mol. The molecule has 8 heteroatoms. The Morgan fingerprint density at radius 2 is 2.04 bits per heavy atom. The van der Waals surface area contributed by atoms with E-state index in [-0.39, 0.29) is 36.2 Å². The molecule has 0 amide bonds. The van der Waals surface area contributed by atoms with Crippen LogP contribution >= 0.6 is 24.8 Å². The van der Waals surface area contributed by atoms with Crippen LogP contribution in [0, 0.1) is 11.7 Å². The Hall–Kier alpha value is -1.89. The molecule has 0 radical (unpaired) electrons.